The van der Waals surface area contributed by atoms with Gasteiger partial charge in [0.1, 0.15) is 18.1 Å². The molecule has 0 bridgehead atoms. The predicted octanol–water partition coefficient (Wildman–Crippen LogP) is -4.71. The lowest BCUT2D eigenvalue weighted by Crippen LogP contribution is -2.58. The summed E-state index contributed by atoms with van der Waals surface area (Å²) in [6.45, 7) is 0.603. The Kier molecular flexibility index (Phi) is 10.7. The van der Waals surface area contributed by atoms with Gasteiger partial charge in [0.25, 0.3) is 0 Å². The van der Waals surface area contributed by atoms with Gasteiger partial charge in [0.05, 0.1) is 18.9 Å². The number of carbonyl (C=O) groups is 7. The average Bonchev–Trinajstić information content (AvgIpc) is 3.23. The van der Waals surface area contributed by atoms with E-state index in [1.165, 1.54) is 0 Å². The highest BCUT2D eigenvalue weighted by Crippen LogP contribution is 2.06. The number of hydrogen-bond acceptors (Lipinski definition) is 8. The van der Waals surface area contributed by atoms with Gasteiger partial charge in [-0.3, -0.25) is 28.8 Å². The number of carbonyl (C=O) groups excluding carboxylic acids is 6. The monoisotopic (exact) mass is 471 g/mol. The second-order valence-corrected chi connectivity index (χ2v) is 7.52. The molecule has 33 heavy (non-hydrogen) atoms. The van der Waals surface area contributed by atoms with E-state index in [1.807, 2.05) is 0 Å². The van der Waals surface area contributed by atoms with E-state index in [0.29, 0.717) is 13.0 Å². The maximum Gasteiger partial charge on any atom is 0.326 e. The van der Waals surface area contributed by atoms with Crippen LogP contribution < -0.4 is 38.5 Å². The number of aliphatic carboxylic acids is 1. The van der Waals surface area contributed by atoms with Crippen molar-refractivity contribution in [1.82, 2.24) is 21.3 Å². The minimum Gasteiger partial charge on any atom is -0.480 e. The summed E-state index contributed by atoms with van der Waals surface area (Å²) < 4.78 is 0. The summed E-state index contributed by atoms with van der Waals surface area (Å²) in [5, 5.41) is 18.8. The number of nitrogens with two attached hydrogens (primary N) is 3. The summed E-state index contributed by atoms with van der Waals surface area (Å²) >= 11 is 0. The highest BCUT2D eigenvalue weighted by atomic mass is 16.4. The molecule has 0 saturated carbocycles. The molecule has 11 N–H and O–H groups in total. The molecule has 0 radical (unpaired) electrons. The van der Waals surface area contributed by atoms with Crippen molar-refractivity contribution in [2.24, 2.45) is 17.2 Å². The van der Waals surface area contributed by atoms with Crippen LogP contribution in [-0.2, 0) is 33.6 Å². The lowest BCUT2D eigenvalue weighted by molar-refractivity contribution is -0.143. The largest absolute Gasteiger partial charge is 0.480 e. The van der Waals surface area contributed by atoms with Crippen molar-refractivity contribution in [1.29, 1.82) is 0 Å². The topological polar surface area (TPSA) is 266 Å². The molecule has 0 spiro atoms. The summed E-state index contributed by atoms with van der Waals surface area (Å²) in [7, 11) is 0. The number of rotatable bonds is 14. The van der Waals surface area contributed by atoms with Crippen LogP contribution in [0, 0.1) is 0 Å². The fourth-order valence-electron chi connectivity index (χ4n) is 3.09. The third-order valence-corrected chi connectivity index (χ3v) is 4.75. The van der Waals surface area contributed by atoms with Gasteiger partial charge in [-0.25, -0.2) is 4.79 Å². The van der Waals surface area contributed by atoms with Crippen molar-refractivity contribution in [3.05, 3.63) is 0 Å². The Morgan fingerprint density at radius 3 is 1.76 bits per heavy atom. The molecule has 15 heteroatoms. The molecule has 0 aromatic carbocycles. The SMILES string of the molecule is NC(=O)CCC(NC(=O)C(CC(N)=O)NC(=O)C(CC(N)=O)NC(=O)C1CCCN1)C(=O)O. The van der Waals surface area contributed by atoms with Gasteiger partial charge in [0.15, 0.2) is 0 Å². The van der Waals surface area contributed by atoms with E-state index in [9.17, 15) is 38.7 Å². The van der Waals surface area contributed by atoms with Gasteiger partial charge in [-0.15, -0.1) is 0 Å². The van der Waals surface area contributed by atoms with Crippen molar-refractivity contribution in [2.75, 3.05) is 6.54 Å². The maximum absolute atomic E-state index is 12.7. The van der Waals surface area contributed by atoms with Gasteiger partial charge in [-0.1, -0.05) is 0 Å². The first-order valence-electron chi connectivity index (χ1n) is 10.1. The third-order valence-electron chi connectivity index (χ3n) is 4.75. The van der Waals surface area contributed by atoms with Gasteiger partial charge < -0.3 is 43.6 Å². The van der Waals surface area contributed by atoms with Crippen LogP contribution in [0.1, 0.15) is 38.5 Å². The lowest BCUT2D eigenvalue weighted by Gasteiger charge is -2.24. The highest BCUT2D eigenvalue weighted by Gasteiger charge is 2.32. The summed E-state index contributed by atoms with van der Waals surface area (Å²) in [6.07, 6.45) is -0.710. The van der Waals surface area contributed by atoms with E-state index in [1.54, 1.807) is 0 Å². The van der Waals surface area contributed by atoms with Crippen LogP contribution in [0.25, 0.3) is 0 Å². The molecule has 4 atom stereocenters. The zero-order chi connectivity index (χ0) is 25.1. The Morgan fingerprint density at radius 2 is 1.33 bits per heavy atom. The number of carboxylic acids is 1. The van der Waals surface area contributed by atoms with Gasteiger partial charge in [0.2, 0.25) is 35.4 Å². The minimum atomic E-state index is -1.62. The van der Waals surface area contributed by atoms with E-state index >= 15 is 0 Å². The van der Waals surface area contributed by atoms with Crippen LogP contribution in [0.2, 0.25) is 0 Å². The molecular weight excluding hydrogens is 442 g/mol. The number of nitrogens with one attached hydrogen (secondary N) is 4. The fraction of sp³-hybridized carbons (Fsp3) is 0.611. The molecule has 0 aromatic rings. The lowest BCUT2D eigenvalue weighted by atomic mass is 10.1. The zero-order valence-corrected chi connectivity index (χ0v) is 17.8. The van der Waals surface area contributed by atoms with Crippen molar-refractivity contribution in [3.63, 3.8) is 0 Å². The molecular formula is C18H29N7O8. The molecule has 0 aliphatic carbocycles. The van der Waals surface area contributed by atoms with E-state index in [4.69, 9.17) is 17.2 Å². The summed E-state index contributed by atoms with van der Waals surface area (Å²) in [5.74, 6) is -6.82. The van der Waals surface area contributed by atoms with Gasteiger partial charge in [-0.05, 0) is 25.8 Å². The maximum atomic E-state index is 12.7. The van der Waals surface area contributed by atoms with Crippen LogP contribution in [0.15, 0.2) is 0 Å². The Balaban J connectivity index is 2.93. The highest BCUT2D eigenvalue weighted by molar-refractivity contribution is 5.97. The predicted molar refractivity (Wildman–Crippen MR) is 111 cm³/mol. The van der Waals surface area contributed by atoms with Crippen molar-refractivity contribution >= 4 is 41.4 Å². The van der Waals surface area contributed by atoms with Gasteiger partial charge in [0, 0.05) is 6.42 Å². The van der Waals surface area contributed by atoms with E-state index < -0.39 is 78.4 Å². The number of hydrogen-bond donors (Lipinski definition) is 8. The number of primary amides is 3. The van der Waals surface area contributed by atoms with Crippen molar-refractivity contribution in [3.8, 4) is 0 Å². The van der Waals surface area contributed by atoms with Crippen LogP contribution in [0.5, 0.6) is 0 Å². The van der Waals surface area contributed by atoms with Crippen molar-refractivity contribution in [2.45, 2.75) is 62.7 Å². The van der Waals surface area contributed by atoms with E-state index in [2.05, 4.69) is 21.3 Å². The Labute approximate surface area is 188 Å². The second kappa shape index (κ2) is 12.9. The molecule has 1 aliphatic rings. The first kappa shape index (κ1) is 27.3. The Bertz CT molecular complexity index is 797. The molecule has 1 aliphatic heterocycles. The molecule has 6 amide bonds. The molecule has 1 rings (SSSR count). The Hall–Kier alpha value is -3.75. The van der Waals surface area contributed by atoms with E-state index in [0.717, 1.165) is 6.42 Å². The molecule has 1 fully saturated rings. The molecule has 4 unspecified atom stereocenters. The molecule has 0 aromatic heterocycles. The number of amides is 6. The van der Waals surface area contributed by atoms with Gasteiger partial charge in [-0.2, -0.15) is 0 Å². The van der Waals surface area contributed by atoms with Crippen molar-refractivity contribution < 1.29 is 38.7 Å². The summed E-state index contributed by atoms with van der Waals surface area (Å²) in [4.78, 5) is 82.6. The normalized spacial score (nSPS) is 17.8. The standard InChI is InChI=1S/C18H29N7O8/c19-12(26)4-3-9(18(32)33)23-16(30)10(6-13(20)27)25-17(31)11(7-14(21)28)24-15(29)8-2-1-5-22-8/h8-11,22H,1-7H2,(H2,19,26)(H2,20,27)(H2,21,28)(H,23,30)(H,24,29)(H,25,31)(H,32,33). The Morgan fingerprint density at radius 1 is 0.818 bits per heavy atom. The second-order valence-electron chi connectivity index (χ2n) is 7.52. The van der Waals surface area contributed by atoms with Crippen LogP contribution in [0.4, 0.5) is 0 Å². The molecule has 184 valence electrons. The molecule has 15 nitrogen and oxygen atoms in total. The summed E-state index contributed by atoms with van der Waals surface area (Å²) in [5.41, 5.74) is 15.2. The smallest absolute Gasteiger partial charge is 0.326 e. The minimum absolute atomic E-state index is 0.331. The van der Waals surface area contributed by atoms with Crippen LogP contribution in [0.3, 0.4) is 0 Å². The van der Waals surface area contributed by atoms with Crippen LogP contribution >= 0.6 is 0 Å². The number of carboxylic acid groups (broad SMARTS) is 1. The summed E-state index contributed by atoms with van der Waals surface area (Å²) in [6, 6.07) is -5.18. The fourth-order valence-corrected chi connectivity index (χ4v) is 3.09. The molecule has 1 saturated heterocycles. The first-order valence-corrected chi connectivity index (χ1v) is 10.1. The van der Waals surface area contributed by atoms with Crippen LogP contribution in [-0.4, -0.2) is 77.2 Å². The molecule has 1 heterocycles. The third kappa shape index (κ3) is 9.94. The van der Waals surface area contributed by atoms with Gasteiger partial charge >= 0.3 is 5.97 Å². The van der Waals surface area contributed by atoms with E-state index in [-0.39, 0.29) is 12.8 Å². The zero-order valence-electron chi connectivity index (χ0n) is 17.8. The quantitative estimate of drug-likeness (QED) is 0.121. The first-order chi connectivity index (χ1) is 15.4. The average molecular weight is 471 g/mol.